The Balaban J connectivity index is 1.63. The Morgan fingerprint density at radius 3 is 3.14 bits per heavy atom. The lowest BCUT2D eigenvalue weighted by molar-refractivity contribution is 0.522. The molecule has 1 aromatic heterocycles. The first kappa shape index (κ1) is 13.7. The summed E-state index contributed by atoms with van der Waals surface area (Å²) >= 11 is 0. The van der Waals surface area contributed by atoms with E-state index < -0.39 is 0 Å². The fraction of sp³-hybridized carbons (Fsp3) is 0.375. The number of aliphatic imine (C=N–C) groups is 1. The molecular formula is C16H21N5. The van der Waals surface area contributed by atoms with Crippen molar-refractivity contribution in [2.75, 3.05) is 5.32 Å². The van der Waals surface area contributed by atoms with Gasteiger partial charge < -0.3 is 15.6 Å². The van der Waals surface area contributed by atoms with Gasteiger partial charge in [-0.1, -0.05) is 12.1 Å². The van der Waals surface area contributed by atoms with Gasteiger partial charge in [-0.15, -0.1) is 0 Å². The highest BCUT2D eigenvalue weighted by Crippen LogP contribution is 2.15. The minimum atomic E-state index is 0.423. The standard InChI is InChI=1S/C16H21N5/c1-12-5-4-6-13(9-12)20-16(17)18-10-14-11-21-8-3-2-7-15(21)19-14/h4-6,9,11H,2-3,7-8,10H2,1H3,(H3,17,18,20). The van der Waals surface area contributed by atoms with E-state index in [0.29, 0.717) is 12.5 Å². The van der Waals surface area contributed by atoms with Gasteiger partial charge in [0, 0.05) is 24.8 Å². The Morgan fingerprint density at radius 1 is 1.43 bits per heavy atom. The van der Waals surface area contributed by atoms with E-state index in [1.165, 1.54) is 24.2 Å². The van der Waals surface area contributed by atoms with Crippen LogP contribution in [0.15, 0.2) is 35.5 Å². The molecule has 1 aliphatic heterocycles. The molecule has 0 radical (unpaired) electrons. The smallest absolute Gasteiger partial charge is 0.193 e. The highest BCUT2D eigenvalue weighted by Gasteiger charge is 2.11. The molecule has 3 rings (SSSR count). The highest BCUT2D eigenvalue weighted by molar-refractivity contribution is 5.92. The number of aromatic nitrogens is 2. The second-order valence-corrected chi connectivity index (χ2v) is 5.49. The molecule has 5 nitrogen and oxygen atoms in total. The molecule has 0 atom stereocenters. The average molecular weight is 283 g/mol. The van der Waals surface area contributed by atoms with E-state index in [1.807, 2.05) is 31.2 Å². The minimum Gasteiger partial charge on any atom is -0.370 e. The van der Waals surface area contributed by atoms with Gasteiger partial charge in [-0.3, -0.25) is 0 Å². The van der Waals surface area contributed by atoms with Gasteiger partial charge in [0.1, 0.15) is 5.82 Å². The van der Waals surface area contributed by atoms with E-state index in [-0.39, 0.29) is 0 Å². The van der Waals surface area contributed by atoms with Gasteiger partial charge in [0.15, 0.2) is 5.96 Å². The van der Waals surface area contributed by atoms with Crippen molar-refractivity contribution in [2.45, 2.75) is 39.3 Å². The van der Waals surface area contributed by atoms with E-state index in [1.54, 1.807) is 0 Å². The molecule has 0 spiro atoms. The molecule has 0 fully saturated rings. The summed E-state index contributed by atoms with van der Waals surface area (Å²) in [7, 11) is 0. The van der Waals surface area contributed by atoms with Gasteiger partial charge in [0.25, 0.3) is 0 Å². The van der Waals surface area contributed by atoms with Crippen molar-refractivity contribution in [3.8, 4) is 0 Å². The number of benzene rings is 1. The molecule has 0 unspecified atom stereocenters. The number of anilines is 1. The number of guanidine groups is 1. The van der Waals surface area contributed by atoms with Crippen LogP contribution in [0.1, 0.15) is 29.9 Å². The van der Waals surface area contributed by atoms with Crippen LogP contribution in [-0.4, -0.2) is 15.5 Å². The molecule has 0 saturated heterocycles. The second-order valence-electron chi connectivity index (χ2n) is 5.49. The van der Waals surface area contributed by atoms with Gasteiger partial charge in [-0.05, 0) is 37.5 Å². The molecule has 0 bridgehead atoms. The normalized spacial score (nSPS) is 14.8. The Kier molecular flexibility index (Phi) is 3.90. The molecule has 110 valence electrons. The van der Waals surface area contributed by atoms with Crippen LogP contribution >= 0.6 is 0 Å². The van der Waals surface area contributed by atoms with Crippen molar-refractivity contribution in [2.24, 2.45) is 10.7 Å². The number of rotatable bonds is 3. The maximum Gasteiger partial charge on any atom is 0.193 e. The Morgan fingerprint density at radius 2 is 2.33 bits per heavy atom. The lowest BCUT2D eigenvalue weighted by Gasteiger charge is -2.11. The molecule has 1 aliphatic rings. The average Bonchev–Trinajstić information content (AvgIpc) is 2.88. The van der Waals surface area contributed by atoms with Gasteiger partial charge >= 0.3 is 0 Å². The Labute approximate surface area is 124 Å². The molecular weight excluding hydrogens is 262 g/mol. The third-order valence-corrected chi connectivity index (χ3v) is 3.66. The Bertz CT molecular complexity index is 633. The van der Waals surface area contributed by atoms with Crippen molar-refractivity contribution in [1.82, 2.24) is 9.55 Å². The zero-order valence-corrected chi connectivity index (χ0v) is 12.3. The number of aryl methyl sites for hydroxylation is 3. The van der Waals surface area contributed by atoms with Gasteiger partial charge in [0.2, 0.25) is 0 Å². The number of hydrogen-bond acceptors (Lipinski definition) is 2. The van der Waals surface area contributed by atoms with Gasteiger partial charge in [-0.25, -0.2) is 9.98 Å². The summed E-state index contributed by atoms with van der Waals surface area (Å²) in [5, 5.41) is 3.11. The SMILES string of the molecule is Cc1cccc(NC(N)=NCc2cn3c(n2)CCCC3)c1. The molecule has 0 amide bonds. The number of nitrogens with two attached hydrogens (primary N) is 1. The van der Waals surface area contributed by atoms with Crippen molar-refractivity contribution >= 4 is 11.6 Å². The molecule has 3 N–H and O–H groups in total. The van der Waals surface area contributed by atoms with Crippen LogP contribution in [0.2, 0.25) is 0 Å². The second kappa shape index (κ2) is 5.99. The van der Waals surface area contributed by atoms with Crippen LogP contribution < -0.4 is 11.1 Å². The van der Waals surface area contributed by atoms with Crippen molar-refractivity contribution in [3.05, 3.63) is 47.5 Å². The molecule has 2 aromatic rings. The van der Waals surface area contributed by atoms with Gasteiger partial charge in [0.05, 0.1) is 12.2 Å². The van der Waals surface area contributed by atoms with E-state index in [9.17, 15) is 0 Å². The minimum absolute atomic E-state index is 0.423. The van der Waals surface area contributed by atoms with E-state index >= 15 is 0 Å². The van der Waals surface area contributed by atoms with E-state index in [2.05, 4.69) is 26.1 Å². The van der Waals surface area contributed by atoms with Crippen LogP contribution in [0.25, 0.3) is 0 Å². The van der Waals surface area contributed by atoms with E-state index in [0.717, 1.165) is 24.3 Å². The predicted octanol–water partition coefficient (Wildman–Crippen LogP) is 2.45. The maximum absolute atomic E-state index is 5.93. The fourth-order valence-electron chi connectivity index (χ4n) is 2.62. The van der Waals surface area contributed by atoms with Crippen LogP contribution in [0.3, 0.4) is 0 Å². The quantitative estimate of drug-likeness (QED) is 0.671. The van der Waals surface area contributed by atoms with Crippen LogP contribution in [-0.2, 0) is 19.5 Å². The van der Waals surface area contributed by atoms with Gasteiger partial charge in [-0.2, -0.15) is 0 Å². The van der Waals surface area contributed by atoms with Crippen LogP contribution in [0, 0.1) is 6.92 Å². The predicted molar refractivity (Wildman–Crippen MR) is 85.3 cm³/mol. The molecule has 0 aliphatic carbocycles. The summed E-state index contributed by atoms with van der Waals surface area (Å²) in [6.45, 7) is 3.64. The number of imidazole rings is 1. The summed E-state index contributed by atoms with van der Waals surface area (Å²) in [4.78, 5) is 8.99. The molecule has 0 saturated carbocycles. The first-order valence-electron chi connectivity index (χ1n) is 7.39. The lowest BCUT2D eigenvalue weighted by Crippen LogP contribution is -2.22. The number of fused-ring (bicyclic) bond motifs is 1. The first-order valence-corrected chi connectivity index (χ1v) is 7.39. The number of nitrogens with zero attached hydrogens (tertiary/aromatic N) is 3. The molecule has 1 aromatic carbocycles. The number of nitrogens with one attached hydrogen (secondary N) is 1. The third-order valence-electron chi connectivity index (χ3n) is 3.66. The summed E-state index contributed by atoms with van der Waals surface area (Å²) < 4.78 is 2.23. The third kappa shape index (κ3) is 3.42. The summed E-state index contributed by atoms with van der Waals surface area (Å²) in [5.41, 5.74) is 9.07. The van der Waals surface area contributed by atoms with E-state index in [4.69, 9.17) is 5.73 Å². The van der Waals surface area contributed by atoms with Crippen molar-refractivity contribution in [1.29, 1.82) is 0 Å². The zero-order valence-electron chi connectivity index (χ0n) is 12.3. The lowest BCUT2D eigenvalue weighted by atomic mass is 10.2. The number of hydrogen-bond donors (Lipinski definition) is 2. The zero-order chi connectivity index (χ0) is 14.7. The molecule has 21 heavy (non-hydrogen) atoms. The fourth-order valence-corrected chi connectivity index (χ4v) is 2.62. The Hall–Kier alpha value is -2.30. The van der Waals surface area contributed by atoms with Crippen molar-refractivity contribution < 1.29 is 0 Å². The summed E-state index contributed by atoms with van der Waals surface area (Å²) in [6, 6.07) is 8.06. The van der Waals surface area contributed by atoms with Crippen LogP contribution in [0.5, 0.6) is 0 Å². The maximum atomic E-state index is 5.93. The summed E-state index contributed by atoms with van der Waals surface area (Å²) in [6.07, 6.45) is 5.64. The topological polar surface area (TPSA) is 68.2 Å². The van der Waals surface area contributed by atoms with Crippen LogP contribution in [0.4, 0.5) is 5.69 Å². The summed E-state index contributed by atoms with van der Waals surface area (Å²) in [5.74, 6) is 1.60. The highest BCUT2D eigenvalue weighted by atomic mass is 15.1. The monoisotopic (exact) mass is 283 g/mol. The molecule has 2 heterocycles. The molecule has 5 heteroatoms. The van der Waals surface area contributed by atoms with Crippen molar-refractivity contribution in [3.63, 3.8) is 0 Å². The largest absolute Gasteiger partial charge is 0.370 e. The first-order chi connectivity index (χ1) is 10.2.